The van der Waals surface area contributed by atoms with E-state index in [2.05, 4.69) is 41.8 Å². The maximum atomic E-state index is 12.5. The highest BCUT2D eigenvalue weighted by atomic mass is 16.5. The highest BCUT2D eigenvalue weighted by Gasteiger charge is 2.48. The molecule has 2 aromatic heterocycles. The molecule has 14 nitrogen and oxygen atoms in total. The van der Waals surface area contributed by atoms with Crippen molar-refractivity contribution in [3.63, 3.8) is 0 Å². The van der Waals surface area contributed by atoms with Crippen molar-refractivity contribution in [3.8, 4) is 12.3 Å². The number of carbonyl (C=O) groups is 2. The van der Waals surface area contributed by atoms with Crippen molar-refractivity contribution in [1.82, 2.24) is 30.6 Å². The van der Waals surface area contributed by atoms with E-state index in [4.69, 9.17) is 11.2 Å². The second-order valence-corrected chi connectivity index (χ2v) is 9.42. The molecule has 0 bridgehead atoms. The Kier molecular flexibility index (Phi) is 11.8. The van der Waals surface area contributed by atoms with Crippen LogP contribution in [-0.2, 0) is 14.3 Å². The van der Waals surface area contributed by atoms with E-state index in [1.165, 1.54) is 12.7 Å². The van der Waals surface area contributed by atoms with Gasteiger partial charge in [0, 0.05) is 12.8 Å². The van der Waals surface area contributed by atoms with Crippen LogP contribution in [0.2, 0.25) is 0 Å². The lowest BCUT2D eigenvalue weighted by atomic mass is 9.92. The van der Waals surface area contributed by atoms with Crippen LogP contribution in [0.4, 0.5) is 5.82 Å². The number of imidazole rings is 1. The van der Waals surface area contributed by atoms with Gasteiger partial charge in [0.15, 0.2) is 17.7 Å². The number of hydrogen-bond donors (Lipinski definition) is 8. The van der Waals surface area contributed by atoms with E-state index in [1.807, 2.05) is 0 Å². The second-order valence-electron chi connectivity index (χ2n) is 9.42. The van der Waals surface area contributed by atoms with Crippen molar-refractivity contribution in [2.24, 2.45) is 0 Å². The summed E-state index contributed by atoms with van der Waals surface area (Å²) < 4.78 is 5.76. The van der Waals surface area contributed by atoms with Gasteiger partial charge in [-0.05, 0) is 12.8 Å². The summed E-state index contributed by atoms with van der Waals surface area (Å²) in [5.41, 5.74) is 0.779. The molecule has 1 aliphatic heterocycles. The third-order valence-electron chi connectivity index (χ3n) is 6.50. The predicted octanol–water partition coefficient (Wildman–Crippen LogP) is -1.08. The van der Waals surface area contributed by atoms with Gasteiger partial charge in [0.2, 0.25) is 11.8 Å². The molecule has 1 saturated heterocycles. The van der Waals surface area contributed by atoms with Crippen molar-refractivity contribution in [2.45, 2.75) is 88.1 Å². The number of aromatic amines is 1. The van der Waals surface area contributed by atoms with Gasteiger partial charge in [-0.1, -0.05) is 25.7 Å². The summed E-state index contributed by atoms with van der Waals surface area (Å²) in [4.78, 5) is 39.6. The maximum absolute atomic E-state index is 12.5. The van der Waals surface area contributed by atoms with Crippen LogP contribution in [0.15, 0.2) is 12.7 Å². The first-order valence-corrected chi connectivity index (χ1v) is 13.1. The monoisotopic (exact) mass is 547 g/mol. The number of rotatable bonds is 15. The van der Waals surface area contributed by atoms with E-state index in [0.29, 0.717) is 17.6 Å². The number of H-pyrrole nitrogens is 1. The Balaban J connectivity index is 1.49. The van der Waals surface area contributed by atoms with Crippen LogP contribution >= 0.6 is 0 Å². The Hall–Kier alpha value is -3.35. The molecule has 214 valence electrons. The smallest absolute Gasteiger partial charge is 0.239 e. The number of terminal acetylenes is 1. The average Bonchev–Trinajstić information content (AvgIpc) is 3.42. The van der Waals surface area contributed by atoms with Crippen LogP contribution in [0, 0.1) is 12.3 Å². The number of aliphatic hydroxyl groups is 4. The fourth-order valence-corrected chi connectivity index (χ4v) is 4.37. The minimum Gasteiger partial charge on any atom is -0.394 e. The van der Waals surface area contributed by atoms with E-state index in [0.717, 1.165) is 38.5 Å². The molecule has 8 N–H and O–H groups in total. The van der Waals surface area contributed by atoms with Gasteiger partial charge >= 0.3 is 0 Å². The number of aliphatic hydroxyl groups excluding tert-OH is 4. The Labute approximate surface area is 226 Å². The summed E-state index contributed by atoms with van der Waals surface area (Å²) in [5, 5.41) is 49.2. The number of nitrogens with zero attached hydrogens (tertiary/aromatic N) is 3. The van der Waals surface area contributed by atoms with Gasteiger partial charge in [0.1, 0.15) is 36.3 Å². The summed E-state index contributed by atoms with van der Waals surface area (Å²) >= 11 is 0. The summed E-state index contributed by atoms with van der Waals surface area (Å²) in [6, 6.07) is -1.28. The lowest BCUT2D eigenvalue weighted by Gasteiger charge is -2.44. The molecule has 0 aromatic carbocycles. The van der Waals surface area contributed by atoms with E-state index < -0.39 is 49.2 Å². The Bertz CT molecular complexity index is 1110. The number of ether oxygens (including phenoxy) is 1. The molecule has 39 heavy (non-hydrogen) atoms. The van der Waals surface area contributed by atoms with Crippen molar-refractivity contribution in [3.05, 3.63) is 12.7 Å². The minimum atomic E-state index is -1.60. The summed E-state index contributed by atoms with van der Waals surface area (Å²) in [6.07, 6.45) is 7.45. The zero-order chi connectivity index (χ0) is 28.2. The van der Waals surface area contributed by atoms with Gasteiger partial charge in [0.05, 0.1) is 25.5 Å². The van der Waals surface area contributed by atoms with Gasteiger partial charge in [-0.15, -0.1) is 12.3 Å². The minimum absolute atomic E-state index is 0.222. The first-order valence-electron chi connectivity index (χ1n) is 13.1. The molecule has 14 heteroatoms. The second kappa shape index (κ2) is 15.3. The van der Waals surface area contributed by atoms with E-state index in [1.54, 1.807) is 0 Å². The van der Waals surface area contributed by atoms with Crippen molar-refractivity contribution < 1.29 is 34.8 Å². The average molecular weight is 548 g/mol. The maximum Gasteiger partial charge on any atom is 0.239 e. The van der Waals surface area contributed by atoms with Crippen LogP contribution in [-0.4, -0.2) is 102 Å². The van der Waals surface area contributed by atoms with Gasteiger partial charge < -0.3 is 46.1 Å². The van der Waals surface area contributed by atoms with Crippen LogP contribution in [0.1, 0.15) is 51.4 Å². The molecular weight excluding hydrogens is 510 g/mol. The Morgan fingerprint density at radius 2 is 1.82 bits per heavy atom. The number of aromatic nitrogens is 4. The largest absolute Gasteiger partial charge is 0.394 e. The number of nitrogens with one attached hydrogen (secondary N) is 4. The predicted molar refractivity (Wildman–Crippen MR) is 140 cm³/mol. The zero-order valence-electron chi connectivity index (χ0n) is 21.6. The van der Waals surface area contributed by atoms with E-state index >= 15 is 0 Å². The first-order chi connectivity index (χ1) is 18.8. The molecule has 0 unspecified atom stereocenters. The Morgan fingerprint density at radius 1 is 1.08 bits per heavy atom. The molecule has 3 rings (SSSR count). The lowest BCUT2D eigenvalue weighted by Crippen LogP contribution is -2.68. The molecule has 0 saturated carbocycles. The third-order valence-corrected chi connectivity index (χ3v) is 6.50. The highest BCUT2D eigenvalue weighted by Crippen LogP contribution is 2.26. The Morgan fingerprint density at radius 3 is 2.56 bits per heavy atom. The van der Waals surface area contributed by atoms with Crippen LogP contribution in [0.25, 0.3) is 11.2 Å². The lowest BCUT2D eigenvalue weighted by molar-refractivity contribution is -0.204. The molecule has 0 aliphatic carbocycles. The number of amides is 2. The van der Waals surface area contributed by atoms with E-state index in [-0.39, 0.29) is 24.7 Å². The van der Waals surface area contributed by atoms with Crippen LogP contribution in [0.5, 0.6) is 0 Å². The molecule has 3 heterocycles. The van der Waals surface area contributed by atoms with Crippen molar-refractivity contribution in [1.29, 1.82) is 0 Å². The number of hydrogen-bond acceptors (Lipinski definition) is 11. The number of carbonyl (C=O) groups excluding carboxylic acids is 2. The molecule has 0 radical (unpaired) electrons. The fraction of sp³-hybridized carbons (Fsp3) is 0.640. The number of anilines is 1. The molecular formula is C25H37N7O7. The van der Waals surface area contributed by atoms with Gasteiger partial charge in [0.25, 0.3) is 0 Å². The molecule has 0 spiro atoms. The van der Waals surface area contributed by atoms with Crippen LogP contribution < -0.4 is 16.0 Å². The number of unbranched alkanes of at least 4 members (excludes halogenated alkanes) is 6. The van der Waals surface area contributed by atoms with Crippen molar-refractivity contribution >= 4 is 28.8 Å². The van der Waals surface area contributed by atoms with Gasteiger partial charge in [-0.2, -0.15) is 0 Å². The summed E-state index contributed by atoms with van der Waals surface area (Å²) in [7, 11) is 0. The summed E-state index contributed by atoms with van der Waals surface area (Å²) in [5.74, 6) is 1.89. The molecule has 2 amide bonds. The van der Waals surface area contributed by atoms with Gasteiger partial charge in [-0.25, -0.2) is 15.0 Å². The van der Waals surface area contributed by atoms with Gasteiger partial charge in [-0.3, -0.25) is 9.59 Å². The van der Waals surface area contributed by atoms with Crippen LogP contribution in [0.3, 0.4) is 0 Å². The molecule has 2 aromatic rings. The highest BCUT2D eigenvalue weighted by molar-refractivity contribution is 5.85. The fourth-order valence-electron chi connectivity index (χ4n) is 4.37. The first kappa shape index (κ1) is 30.2. The number of fused-ring (bicyclic) bond motifs is 1. The summed E-state index contributed by atoms with van der Waals surface area (Å²) in [6.45, 7) is -1.10. The molecule has 1 fully saturated rings. The SMILES string of the molecule is C#CCCCCCCCCC(=O)NCC(=O)N[C@@H]1[C@@H](O)[C@@H](O)[C@@H](Nc2ncnc3nc[nH]c23)O[C@H]1[C@@H](O)CO. The topological polar surface area (TPSA) is 215 Å². The standard InChI is InChI=1S/C25H37N7O7/c1-2-3-4-5-6-7-8-9-10-16(35)26-11-17(36)31-18-20(37)21(38)25(39-22(18)15(34)12-33)32-24-19-23(28-13-27-19)29-14-30-24/h1,13-15,18,20-22,25,33-34,37-38H,3-12H2,(H,26,35)(H,31,36)(H2,27,28,29,30,32)/t15-,18+,20+,21+,22-,25-/m0/s1. The van der Waals surface area contributed by atoms with E-state index in [9.17, 15) is 30.0 Å². The normalized spacial score (nSPS) is 23.6. The van der Waals surface area contributed by atoms with Crippen molar-refractivity contribution in [2.75, 3.05) is 18.5 Å². The molecule has 6 atom stereocenters. The molecule has 1 aliphatic rings. The quantitative estimate of drug-likeness (QED) is 0.0991. The zero-order valence-corrected chi connectivity index (χ0v) is 21.6. The third kappa shape index (κ3) is 8.57.